The Morgan fingerprint density at radius 2 is 1.78 bits per heavy atom. The maximum atomic E-state index is 12.2. The third kappa shape index (κ3) is 3.17. The summed E-state index contributed by atoms with van der Waals surface area (Å²) in [6.45, 7) is 0. The zero-order chi connectivity index (χ0) is 15.6. The van der Waals surface area contributed by atoms with Crippen molar-refractivity contribution in [3.63, 3.8) is 0 Å². The monoisotopic (exact) mass is 320 g/mol. The molecule has 3 aromatic rings. The number of hydrogen-bond acceptors (Lipinski definition) is 3. The van der Waals surface area contributed by atoms with Crippen molar-refractivity contribution in [3.05, 3.63) is 70.5 Å². The molecule has 4 rings (SSSR count). The Morgan fingerprint density at radius 1 is 1.04 bits per heavy atom. The molecule has 0 aliphatic heterocycles. The maximum absolute atomic E-state index is 12.2. The number of nitrogens with zero attached hydrogens (tertiary/aromatic N) is 1. The minimum atomic E-state index is -0.0975. The summed E-state index contributed by atoms with van der Waals surface area (Å²) >= 11 is 1.74. The first-order chi connectivity index (χ1) is 11.3. The normalized spacial score (nSPS) is 13.7. The van der Waals surface area contributed by atoms with E-state index in [4.69, 9.17) is 4.98 Å². The van der Waals surface area contributed by atoms with Gasteiger partial charge in [0.05, 0.1) is 10.7 Å². The van der Waals surface area contributed by atoms with Crippen molar-refractivity contribution >= 4 is 22.9 Å². The van der Waals surface area contributed by atoms with Crippen LogP contribution in [0.25, 0.3) is 11.3 Å². The standard InChI is InChI=1S/C19H16N2OS/c22-18(20-16-4-2-1-3-5-16)14-8-6-13(7-9-14)17-12-23-19(21-17)15-10-11-15/h1-9,12,15H,10-11H2,(H,20,22). The predicted molar refractivity (Wildman–Crippen MR) is 93.9 cm³/mol. The molecule has 0 bridgehead atoms. The van der Waals surface area contributed by atoms with Crippen LogP contribution in [0.15, 0.2) is 60.0 Å². The lowest BCUT2D eigenvalue weighted by atomic mass is 10.1. The van der Waals surface area contributed by atoms with Crippen LogP contribution in [0.1, 0.15) is 34.1 Å². The Morgan fingerprint density at radius 3 is 2.48 bits per heavy atom. The smallest absolute Gasteiger partial charge is 0.255 e. The number of para-hydroxylation sites is 1. The van der Waals surface area contributed by atoms with Gasteiger partial charge in [0.1, 0.15) is 0 Å². The lowest BCUT2D eigenvalue weighted by molar-refractivity contribution is 0.102. The average Bonchev–Trinajstić information content (AvgIpc) is 3.33. The molecule has 4 heteroatoms. The van der Waals surface area contributed by atoms with Gasteiger partial charge in [0.2, 0.25) is 0 Å². The molecule has 1 fully saturated rings. The first-order valence-electron chi connectivity index (χ1n) is 7.72. The highest BCUT2D eigenvalue weighted by Crippen LogP contribution is 2.42. The predicted octanol–water partition coefficient (Wildman–Crippen LogP) is 4.94. The van der Waals surface area contributed by atoms with Crippen molar-refractivity contribution in [2.45, 2.75) is 18.8 Å². The number of thiazole rings is 1. The first-order valence-corrected chi connectivity index (χ1v) is 8.60. The summed E-state index contributed by atoms with van der Waals surface area (Å²) in [5.41, 5.74) is 3.52. The molecule has 2 aromatic carbocycles. The van der Waals surface area contributed by atoms with Crippen LogP contribution in [-0.2, 0) is 0 Å². The van der Waals surface area contributed by atoms with Gasteiger partial charge in [0.25, 0.3) is 5.91 Å². The lowest BCUT2D eigenvalue weighted by Crippen LogP contribution is -2.11. The van der Waals surface area contributed by atoms with E-state index in [1.165, 1.54) is 17.8 Å². The Kier molecular flexibility index (Phi) is 3.67. The van der Waals surface area contributed by atoms with Gasteiger partial charge in [-0.2, -0.15) is 0 Å². The van der Waals surface area contributed by atoms with Gasteiger partial charge in [0, 0.05) is 28.1 Å². The molecule has 1 aliphatic carbocycles. The Balaban J connectivity index is 1.49. The van der Waals surface area contributed by atoms with Crippen molar-refractivity contribution in [1.82, 2.24) is 4.98 Å². The van der Waals surface area contributed by atoms with Gasteiger partial charge in [-0.3, -0.25) is 4.79 Å². The molecule has 0 atom stereocenters. The van der Waals surface area contributed by atoms with Crippen LogP contribution in [0, 0.1) is 0 Å². The van der Waals surface area contributed by atoms with Crippen molar-refractivity contribution in [3.8, 4) is 11.3 Å². The van der Waals surface area contributed by atoms with Gasteiger partial charge in [-0.1, -0.05) is 30.3 Å². The van der Waals surface area contributed by atoms with E-state index in [9.17, 15) is 4.79 Å². The summed E-state index contributed by atoms with van der Waals surface area (Å²) in [6, 6.07) is 17.1. The van der Waals surface area contributed by atoms with Crippen LogP contribution in [0.4, 0.5) is 5.69 Å². The summed E-state index contributed by atoms with van der Waals surface area (Å²) in [4.78, 5) is 16.9. The average molecular weight is 320 g/mol. The highest BCUT2D eigenvalue weighted by atomic mass is 32.1. The number of nitrogens with one attached hydrogen (secondary N) is 1. The second kappa shape index (κ2) is 5.97. The quantitative estimate of drug-likeness (QED) is 0.740. The van der Waals surface area contributed by atoms with E-state index in [1.54, 1.807) is 11.3 Å². The van der Waals surface area contributed by atoms with E-state index >= 15 is 0 Å². The van der Waals surface area contributed by atoms with Crippen molar-refractivity contribution in [1.29, 1.82) is 0 Å². The number of carbonyl (C=O) groups is 1. The van der Waals surface area contributed by atoms with Gasteiger partial charge in [-0.15, -0.1) is 11.3 Å². The molecule has 114 valence electrons. The number of amides is 1. The van der Waals surface area contributed by atoms with Crippen LogP contribution in [0.2, 0.25) is 0 Å². The van der Waals surface area contributed by atoms with E-state index < -0.39 is 0 Å². The third-order valence-electron chi connectivity index (χ3n) is 3.92. The number of aromatic nitrogens is 1. The number of anilines is 1. The number of benzene rings is 2. The van der Waals surface area contributed by atoms with E-state index in [0.29, 0.717) is 11.5 Å². The highest BCUT2D eigenvalue weighted by Gasteiger charge is 2.26. The van der Waals surface area contributed by atoms with E-state index in [1.807, 2.05) is 54.6 Å². The van der Waals surface area contributed by atoms with Crippen molar-refractivity contribution < 1.29 is 4.79 Å². The van der Waals surface area contributed by atoms with Crippen LogP contribution in [-0.4, -0.2) is 10.9 Å². The van der Waals surface area contributed by atoms with Gasteiger partial charge in [-0.05, 0) is 37.1 Å². The Labute approximate surface area is 139 Å². The van der Waals surface area contributed by atoms with Gasteiger partial charge in [0.15, 0.2) is 0 Å². The highest BCUT2D eigenvalue weighted by molar-refractivity contribution is 7.10. The molecule has 3 nitrogen and oxygen atoms in total. The van der Waals surface area contributed by atoms with Crippen LogP contribution in [0.5, 0.6) is 0 Å². The SMILES string of the molecule is O=C(Nc1ccccc1)c1ccc(-c2csc(C3CC3)n2)cc1. The first kappa shape index (κ1) is 14.2. The molecule has 0 unspecified atom stereocenters. The third-order valence-corrected chi connectivity index (χ3v) is 4.93. The molecule has 1 saturated carbocycles. The zero-order valence-electron chi connectivity index (χ0n) is 12.5. The van der Waals surface area contributed by atoms with E-state index in [-0.39, 0.29) is 5.91 Å². The fraction of sp³-hybridized carbons (Fsp3) is 0.158. The summed E-state index contributed by atoms with van der Waals surface area (Å²) in [5.74, 6) is 0.587. The molecular formula is C19H16N2OS. The molecule has 1 aromatic heterocycles. The van der Waals surface area contributed by atoms with Crippen molar-refractivity contribution in [2.75, 3.05) is 5.32 Å². The Bertz CT molecular complexity index is 820. The summed E-state index contributed by atoms with van der Waals surface area (Å²) in [6.07, 6.45) is 2.54. The molecule has 1 aliphatic rings. The second-order valence-corrected chi connectivity index (χ2v) is 6.63. The minimum Gasteiger partial charge on any atom is -0.322 e. The molecule has 0 radical (unpaired) electrons. The molecular weight excluding hydrogens is 304 g/mol. The maximum Gasteiger partial charge on any atom is 0.255 e. The van der Waals surface area contributed by atoms with Gasteiger partial charge in [-0.25, -0.2) is 4.98 Å². The lowest BCUT2D eigenvalue weighted by Gasteiger charge is -2.05. The zero-order valence-corrected chi connectivity index (χ0v) is 13.3. The van der Waals surface area contributed by atoms with E-state index in [2.05, 4.69) is 10.7 Å². The number of rotatable bonds is 4. The minimum absolute atomic E-state index is 0.0975. The molecule has 1 N–H and O–H groups in total. The molecule has 0 saturated heterocycles. The summed E-state index contributed by atoms with van der Waals surface area (Å²) < 4.78 is 0. The molecule has 0 spiro atoms. The second-order valence-electron chi connectivity index (χ2n) is 5.74. The van der Waals surface area contributed by atoms with Crippen LogP contribution >= 0.6 is 11.3 Å². The summed E-state index contributed by atoms with van der Waals surface area (Å²) in [5, 5.41) is 6.24. The largest absolute Gasteiger partial charge is 0.322 e. The van der Waals surface area contributed by atoms with Crippen molar-refractivity contribution in [2.24, 2.45) is 0 Å². The number of hydrogen-bond donors (Lipinski definition) is 1. The van der Waals surface area contributed by atoms with Gasteiger partial charge < -0.3 is 5.32 Å². The number of carbonyl (C=O) groups excluding carboxylic acids is 1. The van der Waals surface area contributed by atoms with Gasteiger partial charge >= 0.3 is 0 Å². The molecule has 1 heterocycles. The molecule has 1 amide bonds. The van der Waals surface area contributed by atoms with E-state index in [0.717, 1.165) is 16.9 Å². The topological polar surface area (TPSA) is 42.0 Å². The summed E-state index contributed by atoms with van der Waals surface area (Å²) in [7, 11) is 0. The molecule has 23 heavy (non-hydrogen) atoms. The fourth-order valence-electron chi connectivity index (χ4n) is 2.46. The fourth-order valence-corrected chi connectivity index (χ4v) is 3.46. The Hall–Kier alpha value is -2.46. The van der Waals surface area contributed by atoms with Crippen LogP contribution in [0.3, 0.4) is 0 Å². The van der Waals surface area contributed by atoms with Crippen LogP contribution < -0.4 is 5.32 Å².